The van der Waals surface area contributed by atoms with Crippen LogP contribution in [0.25, 0.3) is 0 Å². The molecule has 1 fully saturated rings. The fraction of sp³-hybridized carbons (Fsp3) is 0.467. The maximum atomic E-state index is 12.3. The zero-order valence-electron chi connectivity index (χ0n) is 12.4. The van der Waals surface area contributed by atoms with E-state index in [1.165, 1.54) is 13.0 Å². The van der Waals surface area contributed by atoms with E-state index in [9.17, 15) is 19.7 Å². The van der Waals surface area contributed by atoms with Gasteiger partial charge in [0, 0.05) is 37.7 Å². The van der Waals surface area contributed by atoms with E-state index in [1.807, 2.05) is 0 Å². The smallest absolute Gasteiger partial charge is 0.273 e. The number of hydrogen-bond acceptors (Lipinski definition) is 4. The van der Waals surface area contributed by atoms with Crippen LogP contribution < -0.4 is 5.32 Å². The molecule has 0 aromatic heterocycles. The summed E-state index contributed by atoms with van der Waals surface area (Å²) in [7, 11) is 0. The number of hydrogen-bond donors (Lipinski definition) is 1. The number of piperidine rings is 1. The monoisotopic (exact) mass is 305 g/mol. The topological polar surface area (TPSA) is 92.6 Å². The van der Waals surface area contributed by atoms with Gasteiger partial charge in [-0.2, -0.15) is 0 Å². The molecule has 2 amide bonds. The summed E-state index contributed by atoms with van der Waals surface area (Å²) in [5, 5.41) is 13.8. The molecule has 1 N–H and O–H groups in total. The van der Waals surface area contributed by atoms with Crippen molar-refractivity contribution in [1.82, 2.24) is 10.2 Å². The third-order valence-corrected chi connectivity index (χ3v) is 3.79. The van der Waals surface area contributed by atoms with Crippen molar-refractivity contribution in [2.24, 2.45) is 0 Å². The third-order valence-electron chi connectivity index (χ3n) is 3.79. The summed E-state index contributed by atoms with van der Waals surface area (Å²) in [6.45, 7) is 2.60. The highest BCUT2D eigenvalue weighted by atomic mass is 16.6. The largest absolute Gasteiger partial charge is 0.353 e. The molecule has 0 radical (unpaired) electrons. The maximum Gasteiger partial charge on any atom is 0.273 e. The van der Waals surface area contributed by atoms with Gasteiger partial charge in [-0.3, -0.25) is 19.7 Å². The molecule has 1 aromatic carbocycles. The van der Waals surface area contributed by atoms with Gasteiger partial charge in [0.2, 0.25) is 11.8 Å². The number of benzene rings is 1. The van der Waals surface area contributed by atoms with Crippen molar-refractivity contribution in [3.63, 3.8) is 0 Å². The van der Waals surface area contributed by atoms with Crippen molar-refractivity contribution in [3.05, 3.63) is 39.9 Å². The standard InChI is InChI=1S/C15H19N3O4/c1-11(19)16-13-6-8-17(9-7-13)15(20)10-12-4-2-3-5-14(12)18(21)22/h2-5,13H,6-10H2,1H3,(H,16,19). The van der Waals surface area contributed by atoms with Crippen LogP contribution in [0.1, 0.15) is 25.3 Å². The molecule has 1 saturated heterocycles. The van der Waals surface area contributed by atoms with Crippen molar-refractivity contribution in [3.8, 4) is 0 Å². The molecule has 0 bridgehead atoms. The summed E-state index contributed by atoms with van der Waals surface area (Å²) in [5.41, 5.74) is 0.408. The fourth-order valence-corrected chi connectivity index (χ4v) is 2.67. The molecule has 0 atom stereocenters. The molecular formula is C15H19N3O4. The maximum absolute atomic E-state index is 12.3. The number of nitrogens with zero attached hydrogens (tertiary/aromatic N) is 2. The van der Waals surface area contributed by atoms with Gasteiger partial charge in [-0.25, -0.2) is 0 Å². The Morgan fingerprint density at radius 3 is 2.55 bits per heavy atom. The van der Waals surface area contributed by atoms with Gasteiger partial charge in [0.25, 0.3) is 5.69 Å². The van der Waals surface area contributed by atoms with Crippen LogP contribution in [0.2, 0.25) is 0 Å². The number of nitrogens with one attached hydrogen (secondary N) is 1. The van der Waals surface area contributed by atoms with Gasteiger partial charge in [-0.15, -0.1) is 0 Å². The van der Waals surface area contributed by atoms with Crippen LogP contribution >= 0.6 is 0 Å². The molecule has 0 unspecified atom stereocenters. The van der Waals surface area contributed by atoms with Crippen LogP contribution in [0.3, 0.4) is 0 Å². The van der Waals surface area contributed by atoms with Gasteiger partial charge in [0.05, 0.1) is 11.3 Å². The minimum Gasteiger partial charge on any atom is -0.353 e. The number of carbonyl (C=O) groups is 2. The van der Waals surface area contributed by atoms with Gasteiger partial charge in [-0.1, -0.05) is 18.2 Å². The van der Waals surface area contributed by atoms with Gasteiger partial charge in [0.1, 0.15) is 0 Å². The molecule has 118 valence electrons. The molecule has 7 nitrogen and oxygen atoms in total. The van der Waals surface area contributed by atoms with E-state index in [-0.39, 0.29) is 30.0 Å². The van der Waals surface area contributed by atoms with E-state index in [1.54, 1.807) is 23.1 Å². The molecule has 22 heavy (non-hydrogen) atoms. The predicted molar refractivity (Wildman–Crippen MR) is 80.2 cm³/mol. The number of nitro benzene ring substituents is 1. The minimum atomic E-state index is -0.467. The number of rotatable bonds is 4. The van der Waals surface area contributed by atoms with Crippen LogP contribution in [0, 0.1) is 10.1 Å². The van der Waals surface area contributed by atoms with Crippen LogP contribution in [0.15, 0.2) is 24.3 Å². The molecule has 1 heterocycles. The normalized spacial score (nSPS) is 15.4. The number of carbonyl (C=O) groups excluding carboxylic acids is 2. The summed E-state index contributed by atoms with van der Waals surface area (Å²) in [5.74, 6) is -0.180. The Morgan fingerprint density at radius 2 is 1.95 bits per heavy atom. The molecule has 7 heteroatoms. The molecule has 0 spiro atoms. The SMILES string of the molecule is CC(=O)NC1CCN(C(=O)Cc2ccccc2[N+](=O)[O-])CC1. The van der Waals surface area contributed by atoms with Crippen molar-refractivity contribution < 1.29 is 14.5 Å². The summed E-state index contributed by atoms with van der Waals surface area (Å²) >= 11 is 0. The molecule has 0 aliphatic carbocycles. The predicted octanol–water partition coefficient (Wildman–Crippen LogP) is 1.26. The molecular weight excluding hydrogens is 286 g/mol. The first-order valence-corrected chi connectivity index (χ1v) is 7.24. The van der Waals surface area contributed by atoms with E-state index in [0.29, 0.717) is 31.5 Å². The zero-order valence-corrected chi connectivity index (χ0v) is 12.4. The van der Waals surface area contributed by atoms with E-state index >= 15 is 0 Å². The average Bonchev–Trinajstić information content (AvgIpc) is 2.47. The highest BCUT2D eigenvalue weighted by Crippen LogP contribution is 2.20. The first-order chi connectivity index (χ1) is 10.5. The summed E-state index contributed by atoms with van der Waals surface area (Å²) in [6.07, 6.45) is 1.45. The highest BCUT2D eigenvalue weighted by molar-refractivity contribution is 5.80. The van der Waals surface area contributed by atoms with Crippen molar-refractivity contribution >= 4 is 17.5 Å². The first-order valence-electron chi connectivity index (χ1n) is 7.24. The second-order valence-electron chi connectivity index (χ2n) is 5.42. The molecule has 1 aliphatic rings. The Morgan fingerprint density at radius 1 is 1.32 bits per heavy atom. The van der Waals surface area contributed by atoms with Crippen LogP contribution in [-0.2, 0) is 16.0 Å². The van der Waals surface area contributed by atoms with Crippen molar-refractivity contribution in [2.75, 3.05) is 13.1 Å². The quantitative estimate of drug-likeness (QED) is 0.669. The van der Waals surface area contributed by atoms with Gasteiger partial charge in [0.15, 0.2) is 0 Å². The Labute approximate surface area is 128 Å². The van der Waals surface area contributed by atoms with Gasteiger partial charge in [-0.05, 0) is 12.8 Å². The van der Waals surface area contributed by atoms with Gasteiger partial charge >= 0.3 is 0 Å². The molecule has 1 aliphatic heterocycles. The third kappa shape index (κ3) is 4.03. The van der Waals surface area contributed by atoms with Crippen LogP contribution in [0.4, 0.5) is 5.69 Å². The lowest BCUT2D eigenvalue weighted by molar-refractivity contribution is -0.385. The summed E-state index contributed by atoms with van der Waals surface area (Å²) < 4.78 is 0. The second kappa shape index (κ2) is 7.02. The summed E-state index contributed by atoms with van der Waals surface area (Å²) in [6, 6.07) is 6.41. The van der Waals surface area contributed by atoms with E-state index in [2.05, 4.69) is 5.32 Å². The number of amides is 2. The van der Waals surface area contributed by atoms with E-state index in [4.69, 9.17) is 0 Å². The molecule has 0 saturated carbocycles. The lowest BCUT2D eigenvalue weighted by Gasteiger charge is -2.32. The molecule has 1 aromatic rings. The Bertz CT molecular complexity index is 580. The number of para-hydroxylation sites is 1. The minimum absolute atomic E-state index is 0.0241. The van der Waals surface area contributed by atoms with Gasteiger partial charge < -0.3 is 10.2 Å². The van der Waals surface area contributed by atoms with E-state index in [0.717, 1.165) is 0 Å². The molecule has 2 rings (SSSR count). The van der Waals surface area contributed by atoms with Crippen LogP contribution in [-0.4, -0.2) is 40.8 Å². The Hall–Kier alpha value is -2.44. The van der Waals surface area contributed by atoms with Crippen molar-refractivity contribution in [1.29, 1.82) is 0 Å². The lowest BCUT2D eigenvalue weighted by Crippen LogP contribution is -2.46. The highest BCUT2D eigenvalue weighted by Gasteiger charge is 2.24. The Balaban J connectivity index is 1.94. The zero-order chi connectivity index (χ0) is 16.1. The first kappa shape index (κ1) is 15.9. The Kier molecular flexibility index (Phi) is 5.08. The average molecular weight is 305 g/mol. The van der Waals surface area contributed by atoms with Crippen LogP contribution in [0.5, 0.6) is 0 Å². The fourth-order valence-electron chi connectivity index (χ4n) is 2.67. The second-order valence-corrected chi connectivity index (χ2v) is 5.42. The van der Waals surface area contributed by atoms with Crippen molar-refractivity contribution in [2.45, 2.75) is 32.2 Å². The number of nitro groups is 1. The van der Waals surface area contributed by atoms with E-state index < -0.39 is 4.92 Å². The lowest BCUT2D eigenvalue weighted by atomic mass is 10.0. The number of likely N-dealkylation sites (tertiary alicyclic amines) is 1. The summed E-state index contributed by atoms with van der Waals surface area (Å²) in [4.78, 5) is 35.5.